The summed E-state index contributed by atoms with van der Waals surface area (Å²) in [5.74, 6) is 1.80. The summed E-state index contributed by atoms with van der Waals surface area (Å²) in [7, 11) is 0. The van der Waals surface area contributed by atoms with Gasteiger partial charge in [0.2, 0.25) is 0 Å². The summed E-state index contributed by atoms with van der Waals surface area (Å²) in [6.45, 7) is 4.65. The molecule has 28 heavy (non-hydrogen) atoms. The molecule has 0 aromatic carbocycles. The van der Waals surface area contributed by atoms with Crippen molar-refractivity contribution in [2.75, 3.05) is 17.2 Å². The van der Waals surface area contributed by atoms with Gasteiger partial charge < -0.3 is 15.4 Å². The van der Waals surface area contributed by atoms with Crippen LogP contribution in [0, 0.1) is 0 Å². The number of aromatic nitrogens is 2. The number of nitrogens with one attached hydrogen (secondary N) is 2. The second kappa shape index (κ2) is 7.68. The summed E-state index contributed by atoms with van der Waals surface area (Å²) in [6, 6.07) is 7.47. The standard InChI is InChI=1S/C22H22N4O2.H2/c1-14-5-6-17(11-15(2)10-14)22(27)26-20-12-16(7-9-23-20)19-13-25-21-18(28-19)4-3-8-24-21;/h3-4,6-12,19H,5,13H2,1-2H3,(H,24,25)(H,23,26,27);1H. The second-order valence-corrected chi connectivity index (χ2v) is 7.01. The van der Waals surface area contributed by atoms with Crippen LogP contribution in [0.2, 0.25) is 0 Å². The number of rotatable bonds is 3. The maximum absolute atomic E-state index is 12.7. The van der Waals surface area contributed by atoms with E-state index in [9.17, 15) is 4.79 Å². The van der Waals surface area contributed by atoms with E-state index in [2.05, 4.69) is 33.6 Å². The van der Waals surface area contributed by atoms with E-state index in [4.69, 9.17) is 4.74 Å². The lowest BCUT2D eigenvalue weighted by molar-refractivity contribution is -0.112. The molecule has 0 fully saturated rings. The third-order valence-corrected chi connectivity index (χ3v) is 4.66. The minimum Gasteiger partial charge on any atom is -0.480 e. The first-order valence-electron chi connectivity index (χ1n) is 9.27. The molecule has 144 valence electrons. The molecule has 2 aromatic rings. The van der Waals surface area contributed by atoms with Gasteiger partial charge in [-0.2, -0.15) is 0 Å². The number of hydrogen-bond acceptors (Lipinski definition) is 5. The fourth-order valence-electron chi connectivity index (χ4n) is 3.32. The average Bonchev–Trinajstić information content (AvgIpc) is 2.88. The summed E-state index contributed by atoms with van der Waals surface area (Å²) in [6.07, 6.45) is 9.93. The number of pyridine rings is 2. The molecule has 3 heterocycles. The Morgan fingerprint density at radius 1 is 1.25 bits per heavy atom. The number of anilines is 2. The Labute approximate surface area is 165 Å². The van der Waals surface area contributed by atoms with Crippen molar-refractivity contribution >= 4 is 17.5 Å². The van der Waals surface area contributed by atoms with Gasteiger partial charge in [0.05, 0.1) is 6.54 Å². The molecule has 2 N–H and O–H groups in total. The summed E-state index contributed by atoms with van der Waals surface area (Å²) in [5, 5.41) is 6.17. The number of ether oxygens (including phenoxy) is 1. The van der Waals surface area contributed by atoms with Gasteiger partial charge >= 0.3 is 0 Å². The molecule has 4 rings (SSSR count). The van der Waals surface area contributed by atoms with E-state index in [1.54, 1.807) is 12.4 Å². The van der Waals surface area contributed by atoms with E-state index in [1.165, 1.54) is 5.57 Å². The molecule has 1 unspecified atom stereocenters. The van der Waals surface area contributed by atoms with Gasteiger partial charge in [0.25, 0.3) is 5.91 Å². The van der Waals surface area contributed by atoms with Crippen molar-refractivity contribution in [3.8, 4) is 5.75 Å². The molecule has 1 aliphatic heterocycles. The van der Waals surface area contributed by atoms with E-state index in [0.29, 0.717) is 23.7 Å². The van der Waals surface area contributed by atoms with Crippen LogP contribution >= 0.6 is 0 Å². The van der Waals surface area contributed by atoms with Crippen LogP contribution in [0.3, 0.4) is 0 Å². The van der Waals surface area contributed by atoms with Crippen molar-refractivity contribution < 1.29 is 11.0 Å². The summed E-state index contributed by atoms with van der Waals surface area (Å²) < 4.78 is 6.04. The molecule has 0 radical (unpaired) electrons. The Kier molecular flexibility index (Phi) is 4.93. The molecule has 2 aromatic heterocycles. The molecule has 2 aliphatic rings. The first kappa shape index (κ1) is 18.0. The van der Waals surface area contributed by atoms with Gasteiger partial charge in [-0.15, -0.1) is 0 Å². The van der Waals surface area contributed by atoms with E-state index < -0.39 is 0 Å². The zero-order valence-corrected chi connectivity index (χ0v) is 15.9. The first-order chi connectivity index (χ1) is 13.6. The van der Waals surface area contributed by atoms with Crippen LogP contribution in [0.4, 0.5) is 11.6 Å². The van der Waals surface area contributed by atoms with Crippen LogP contribution in [-0.2, 0) is 4.79 Å². The highest BCUT2D eigenvalue weighted by Gasteiger charge is 2.22. The van der Waals surface area contributed by atoms with Gasteiger partial charge in [-0.05, 0) is 56.2 Å². The van der Waals surface area contributed by atoms with Crippen molar-refractivity contribution in [2.45, 2.75) is 26.4 Å². The van der Waals surface area contributed by atoms with E-state index >= 15 is 0 Å². The third kappa shape index (κ3) is 3.96. The monoisotopic (exact) mass is 376 g/mol. The fraction of sp³-hybridized carbons (Fsp3) is 0.227. The molecule has 0 bridgehead atoms. The van der Waals surface area contributed by atoms with E-state index in [0.717, 1.165) is 23.4 Å². The zero-order chi connectivity index (χ0) is 19.5. The topological polar surface area (TPSA) is 76.1 Å². The number of carbonyl (C=O) groups is 1. The zero-order valence-electron chi connectivity index (χ0n) is 15.9. The van der Waals surface area contributed by atoms with Crippen LogP contribution in [-0.4, -0.2) is 22.4 Å². The van der Waals surface area contributed by atoms with Crippen LogP contribution in [0.25, 0.3) is 0 Å². The van der Waals surface area contributed by atoms with Gasteiger partial charge in [0, 0.05) is 19.4 Å². The molecular weight excluding hydrogens is 352 g/mol. The maximum atomic E-state index is 12.7. The minimum atomic E-state index is -0.179. The van der Waals surface area contributed by atoms with Crippen molar-refractivity contribution in [3.05, 3.63) is 77.2 Å². The lowest BCUT2D eigenvalue weighted by Crippen LogP contribution is -2.24. The summed E-state index contributed by atoms with van der Waals surface area (Å²) >= 11 is 0. The van der Waals surface area contributed by atoms with Crippen LogP contribution in [0.15, 0.2) is 71.6 Å². The maximum Gasteiger partial charge on any atom is 0.256 e. The van der Waals surface area contributed by atoms with Gasteiger partial charge in [-0.25, -0.2) is 9.97 Å². The van der Waals surface area contributed by atoms with Gasteiger partial charge in [0.15, 0.2) is 11.6 Å². The van der Waals surface area contributed by atoms with Crippen LogP contribution in [0.1, 0.15) is 33.4 Å². The number of hydrogen-bond donors (Lipinski definition) is 2. The van der Waals surface area contributed by atoms with Gasteiger partial charge in [-0.1, -0.05) is 23.3 Å². The highest BCUT2D eigenvalue weighted by molar-refractivity contribution is 6.05. The Morgan fingerprint density at radius 2 is 2.14 bits per heavy atom. The highest BCUT2D eigenvalue weighted by atomic mass is 16.5. The molecule has 1 amide bonds. The fourth-order valence-corrected chi connectivity index (χ4v) is 3.32. The Morgan fingerprint density at radius 3 is 3.04 bits per heavy atom. The van der Waals surface area contributed by atoms with Crippen molar-refractivity contribution in [1.82, 2.24) is 9.97 Å². The molecule has 0 saturated heterocycles. The Hall–Kier alpha value is -3.41. The normalized spacial score (nSPS) is 18.4. The van der Waals surface area contributed by atoms with Crippen molar-refractivity contribution in [3.63, 3.8) is 0 Å². The van der Waals surface area contributed by atoms with Crippen molar-refractivity contribution in [1.29, 1.82) is 0 Å². The number of carbonyl (C=O) groups excluding carboxylic acids is 1. The SMILES string of the molecule is CC1=CC(C(=O)Nc2cc(C3CNc4ncccc4O3)ccn2)=CCC(C)=C1.[HH]. The number of amides is 1. The predicted molar refractivity (Wildman–Crippen MR) is 111 cm³/mol. The first-order valence-corrected chi connectivity index (χ1v) is 9.27. The predicted octanol–water partition coefficient (Wildman–Crippen LogP) is 4.43. The number of fused-ring (bicyclic) bond motifs is 1. The van der Waals surface area contributed by atoms with Crippen LogP contribution in [0.5, 0.6) is 5.75 Å². The molecule has 1 aliphatic carbocycles. The molecular formula is C22H24N4O2. The van der Waals surface area contributed by atoms with E-state index in [1.807, 2.05) is 43.3 Å². The second-order valence-electron chi connectivity index (χ2n) is 7.01. The summed E-state index contributed by atoms with van der Waals surface area (Å²) in [5.41, 5.74) is 3.88. The summed E-state index contributed by atoms with van der Waals surface area (Å²) in [4.78, 5) is 21.2. The third-order valence-electron chi connectivity index (χ3n) is 4.66. The molecule has 1 atom stereocenters. The number of nitrogens with zero attached hydrogens (tertiary/aromatic N) is 2. The minimum absolute atomic E-state index is 0. The quantitative estimate of drug-likeness (QED) is 0.829. The largest absolute Gasteiger partial charge is 0.480 e. The Balaban J connectivity index is 0.00000240. The van der Waals surface area contributed by atoms with Gasteiger partial charge in [-0.3, -0.25) is 4.79 Å². The Bertz CT molecular complexity index is 1010. The lowest BCUT2D eigenvalue weighted by atomic mass is 10.1. The van der Waals surface area contributed by atoms with Gasteiger partial charge in [0.1, 0.15) is 11.9 Å². The molecule has 6 heteroatoms. The van der Waals surface area contributed by atoms with E-state index in [-0.39, 0.29) is 13.4 Å². The lowest BCUT2D eigenvalue weighted by Gasteiger charge is -2.26. The highest BCUT2D eigenvalue weighted by Crippen LogP contribution is 2.32. The van der Waals surface area contributed by atoms with Crippen molar-refractivity contribution in [2.24, 2.45) is 0 Å². The smallest absolute Gasteiger partial charge is 0.256 e. The average molecular weight is 376 g/mol. The molecule has 6 nitrogen and oxygen atoms in total. The number of allylic oxidation sites excluding steroid dienone is 4. The molecule has 0 spiro atoms. The van der Waals surface area contributed by atoms with Crippen LogP contribution < -0.4 is 15.4 Å². The molecule has 0 saturated carbocycles.